The zero-order valence-corrected chi connectivity index (χ0v) is 14.6. The Hall–Kier alpha value is -1.32. The Morgan fingerprint density at radius 3 is 2.48 bits per heavy atom. The fraction of sp³-hybridized carbons (Fsp3) is 0.333. The van der Waals surface area contributed by atoms with Crippen LogP contribution >= 0.6 is 15.9 Å². The molecule has 0 aliphatic rings. The van der Waals surface area contributed by atoms with Crippen LogP contribution in [0.3, 0.4) is 0 Å². The first kappa shape index (κ1) is 16.1. The van der Waals surface area contributed by atoms with Gasteiger partial charge in [-0.1, -0.05) is 48.0 Å². The molecule has 1 unspecified atom stereocenters. The highest BCUT2D eigenvalue weighted by molar-refractivity contribution is 9.10. The molecule has 0 aliphatic heterocycles. The molecule has 2 aromatic carbocycles. The topological polar surface area (TPSA) is 21.3 Å². The van der Waals surface area contributed by atoms with Crippen LogP contribution in [0.2, 0.25) is 0 Å². The first-order valence-electron chi connectivity index (χ1n) is 7.25. The number of rotatable bonds is 5. The molecule has 0 radical (unpaired) electrons. The first-order chi connectivity index (χ1) is 10.0. The standard InChI is InChI=1S/C18H22BrNO/c1-12(2)14-6-5-7-16(10-14)21-18-11-15(19)8-9-17(18)13(3)20-4/h5-13,20H,1-4H3. The van der Waals surface area contributed by atoms with E-state index in [0.29, 0.717) is 5.92 Å². The lowest BCUT2D eigenvalue weighted by Gasteiger charge is -2.17. The molecule has 3 heteroatoms. The minimum absolute atomic E-state index is 0.237. The van der Waals surface area contributed by atoms with Gasteiger partial charge in [0.15, 0.2) is 0 Å². The molecule has 2 aromatic rings. The van der Waals surface area contributed by atoms with Gasteiger partial charge >= 0.3 is 0 Å². The summed E-state index contributed by atoms with van der Waals surface area (Å²) in [4.78, 5) is 0. The molecule has 0 aromatic heterocycles. The number of hydrogen-bond acceptors (Lipinski definition) is 2. The summed E-state index contributed by atoms with van der Waals surface area (Å²) in [6, 6.07) is 14.7. The minimum atomic E-state index is 0.237. The second-order valence-electron chi connectivity index (χ2n) is 5.52. The van der Waals surface area contributed by atoms with Gasteiger partial charge in [0, 0.05) is 16.1 Å². The van der Waals surface area contributed by atoms with Crippen LogP contribution in [0.15, 0.2) is 46.9 Å². The molecule has 0 aliphatic carbocycles. The number of hydrogen-bond donors (Lipinski definition) is 1. The maximum Gasteiger partial charge on any atom is 0.133 e. The van der Waals surface area contributed by atoms with Crippen molar-refractivity contribution in [2.75, 3.05) is 7.05 Å². The van der Waals surface area contributed by atoms with Gasteiger partial charge in [-0.3, -0.25) is 0 Å². The number of nitrogens with one attached hydrogen (secondary N) is 1. The lowest BCUT2D eigenvalue weighted by Crippen LogP contribution is -2.13. The van der Waals surface area contributed by atoms with Crippen molar-refractivity contribution in [2.45, 2.75) is 32.7 Å². The van der Waals surface area contributed by atoms with E-state index < -0.39 is 0 Å². The van der Waals surface area contributed by atoms with Crippen molar-refractivity contribution in [3.05, 3.63) is 58.1 Å². The van der Waals surface area contributed by atoms with Crippen LogP contribution in [-0.4, -0.2) is 7.05 Å². The van der Waals surface area contributed by atoms with E-state index in [2.05, 4.69) is 60.2 Å². The smallest absolute Gasteiger partial charge is 0.133 e. The lowest BCUT2D eigenvalue weighted by molar-refractivity contribution is 0.465. The van der Waals surface area contributed by atoms with Gasteiger partial charge in [0.25, 0.3) is 0 Å². The predicted octanol–water partition coefficient (Wildman–Crippen LogP) is 5.65. The summed E-state index contributed by atoms with van der Waals surface area (Å²) < 4.78 is 7.15. The van der Waals surface area contributed by atoms with Crippen LogP contribution < -0.4 is 10.1 Å². The Balaban J connectivity index is 2.34. The maximum atomic E-state index is 6.13. The summed E-state index contributed by atoms with van der Waals surface area (Å²) in [6.07, 6.45) is 0. The molecule has 1 N–H and O–H groups in total. The zero-order valence-electron chi connectivity index (χ0n) is 13.0. The monoisotopic (exact) mass is 347 g/mol. The molecule has 112 valence electrons. The maximum absolute atomic E-state index is 6.13. The van der Waals surface area contributed by atoms with Crippen LogP contribution in [0.25, 0.3) is 0 Å². The van der Waals surface area contributed by atoms with Crippen molar-refractivity contribution in [3.63, 3.8) is 0 Å². The fourth-order valence-electron chi connectivity index (χ4n) is 2.17. The molecule has 0 amide bonds. The van der Waals surface area contributed by atoms with Gasteiger partial charge in [0.2, 0.25) is 0 Å². The molecule has 0 heterocycles. The summed E-state index contributed by atoms with van der Waals surface area (Å²) in [5.74, 6) is 2.25. The molecule has 2 nitrogen and oxygen atoms in total. The van der Waals surface area contributed by atoms with E-state index in [1.54, 1.807) is 0 Å². The molecule has 0 spiro atoms. The van der Waals surface area contributed by atoms with Crippen LogP contribution in [-0.2, 0) is 0 Å². The Morgan fingerprint density at radius 2 is 1.81 bits per heavy atom. The quantitative estimate of drug-likeness (QED) is 0.754. The van der Waals surface area contributed by atoms with E-state index in [0.717, 1.165) is 21.5 Å². The van der Waals surface area contributed by atoms with E-state index in [-0.39, 0.29) is 6.04 Å². The molecule has 1 atom stereocenters. The van der Waals surface area contributed by atoms with Gasteiger partial charge in [-0.2, -0.15) is 0 Å². The predicted molar refractivity (Wildman–Crippen MR) is 92.2 cm³/mol. The van der Waals surface area contributed by atoms with Gasteiger partial charge in [0.1, 0.15) is 11.5 Å². The van der Waals surface area contributed by atoms with Crippen molar-refractivity contribution in [2.24, 2.45) is 0 Å². The highest BCUT2D eigenvalue weighted by Gasteiger charge is 2.12. The molecular weight excluding hydrogens is 326 g/mol. The van der Waals surface area contributed by atoms with E-state index in [1.807, 2.05) is 31.3 Å². The molecule has 21 heavy (non-hydrogen) atoms. The van der Waals surface area contributed by atoms with Gasteiger partial charge in [-0.15, -0.1) is 0 Å². The van der Waals surface area contributed by atoms with Gasteiger partial charge in [0.05, 0.1) is 0 Å². The van der Waals surface area contributed by atoms with Gasteiger partial charge in [-0.25, -0.2) is 0 Å². The SMILES string of the molecule is CNC(C)c1ccc(Br)cc1Oc1cccc(C(C)C)c1. The third-order valence-electron chi connectivity index (χ3n) is 3.63. The molecular formula is C18H22BrNO. The molecule has 0 saturated carbocycles. The highest BCUT2D eigenvalue weighted by atomic mass is 79.9. The van der Waals surface area contributed by atoms with Crippen molar-refractivity contribution < 1.29 is 4.74 Å². The van der Waals surface area contributed by atoms with E-state index >= 15 is 0 Å². The third kappa shape index (κ3) is 4.08. The van der Waals surface area contributed by atoms with Crippen LogP contribution in [0.5, 0.6) is 11.5 Å². The minimum Gasteiger partial charge on any atom is -0.457 e. The van der Waals surface area contributed by atoms with Crippen molar-refractivity contribution in [3.8, 4) is 11.5 Å². The normalized spacial score (nSPS) is 12.5. The summed E-state index contributed by atoms with van der Waals surface area (Å²) in [7, 11) is 1.95. The second-order valence-corrected chi connectivity index (χ2v) is 6.44. The average Bonchev–Trinajstić information content (AvgIpc) is 2.47. The largest absolute Gasteiger partial charge is 0.457 e. The fourth-order valence-corrected chi connectivity index (χ4v) is 2.51. The Bertz CT molecular complexity index is 610. The number of halogens is 1. The average molecular weight is 348 g/mol. The van der Waals surface area contributed by atoms with Crippen LogP contribution in [0, 0.1) is 0 Å². The Labute approximate surface area is 135 Å². The third-order valence-corrected chi connectivity index (χ3v) is 4.12. The summed E-state index contributed by atoms with van der Waals surface area (Å²) >= 11 is 3.52. The van der Waals surface area contributed by atoms with E-state index in [9.17, 15) is 0 Å². The van der Waals surface area contributed by atoms with Crippen LogP contribution in [0.1, 0.15) is 43.9 Å². The van der Waals surface area contributed by atoms with Crippen molar-refractivity contribution in [1.29, 1.82) is 0 Å². The Morgan fingerprint density at radius 1 is 1.05 bits per heavy atom. The lowest BCUT2D eigenvalue weighted by atomic mass is 10.0. The molecule has 0 fully saturated rings. The van der Waals surface area contributed by atoms with E-state index in [4.69, 9.17) is 4.74 Å². The van der Waals surface area contributed by atoms with E-state index in [1.165, 1.54) is 5.56 Å². The van der Waals surface area contributed by atoms with Crippen LogP contribution in [0.4, 0.5) is 0 Å². The number of ether oxygens (including phenoxy) is 1. The van der Waals surface area contributed by atoms with Gasteiger partial charge < -0.3 is 10.1 Å². The number of benzene rings is 2. The van der Waals surface area contributed by atoms with Gasteiger partial charge in [-0.05, 0) is 49.7 Å². The molecule has 0 bridgehead atoms. The summed E-state index contributed by atoms with van der Waals surface area (Å²) in [5, 5.41) is 3.26. The highest BCUT2D eigenvalue weighted by Crippen LogP contribution is 2.33. The zero-order chi connectivity index (χ0) is 15.4. The summed E-state index contributed by atoms with van der Waals surface area (Å²) in [5.41, 5.74) is 2.43. The Kier molecular flexibility index (Phi) is 5.43. The summed E-state index contributed by atoms with van der Waals surface area (Å²) in [6.45, 7) is 6.50. The molecule has 2 rings (SSSR count). The second kappa shape index (κ2) is 7.10. The van der Waals surface area contributed by atoms with Crippen molar-refractivity contribution in [1.82, 2.24) is 5.32 Å². The first-order valence-corrected chi connectivity index (χ1v) is 8.05. The van der Waals surface area contributed by atoms with Crippen molar-refractivity contribution >= 4 is 15.9 Å². The molecule has 0 saturated heterocycles.